The Morgan fingerprint density at radius 1 is 1.30 bits per heavy atom. The summed E-state index contributed by atoms with van der Waals surface area (Å²) < 4.78 is 5.25. The Bertz CT molecular complexity index is 541. The van der Waals surface area contributed by atoms with E-state index in [0.717, 1.165) is 17.1 Å². The molecule has 20 heavy (non-hydrogen) atoms. The van der Waals surface area contributed by atoms with Crippen LogP contribution in [-0.4, -0.2) is 18.8 Å². The van der Waals surface area contributed by atoms with Crippen LogP contribution in [0.3, 0.4) is 0 Å². The van der Waals surface area contributed by atoms with Crippen molar-refractivity contribution in [1.82, 2.24) is 5.32 Å². The molecule has 0 bridgehead atoms. The van der Waals surface area contributed by atoms with Gasteiger partial charge in [0, 0.05) is 22.7 Å². The zero-order valence-electron chi connectivity index (χ0n) is 11.3. The summed E-state index contributed by atoms with van der Waals surface area (Å²) in [4.78, 5) is 13.1. The van der Waals surface area contributed by atoms with Crippen LogP contribution in [0, 0.1) is 0 Å². The number of carbonyl (C=O) groups is 1. The van der Waals surface area contributed by atoms with Gasteiger partial charge in [0.15, 0.2) is 0 Å². The fourth-order valence-corrected chi connectivity index (χ4v) is 3.43. The molecule has 1 N–H and O–H groups in total. The fourth-order valence-electron chi connectivity index (χ4n) is 1.73. The molecular weight excluding hydrogens is 290 g/mol. The summed E-state index contributed by atoms with van der Waals surface area (Å²) >= 11 is 3.35. The molecular formula is C15H17NO2S2. The van der Waals surface area contributed by atoms with Crippen molar-refractivity contribution in [1.29, 1.82) is 0 Å². The molecule has 0 spiro atoms. The van der Waals surface area contributed by atoms with Gasteiger partial charge >= 0.3 is 0 Å². The lowest BCUT2D eigenvalue weighted by atomic mass is 10.2. The van der Waals surface area contributed by atoms with Crippen LogP contribution in [0.25, 0.3) is 0 Å². The van der Waals surface area contributed by atoms with Crippen LogP contribution in [0.2, 0.25) is 0 Å². The third-order valence-corrected chi connectivity index (χ3v) is 4.77. The Balaban J connectivity index is 1.72. The van der Waals surface area contributed by atoms with E-state index in [1.54, 1.807) is 30.2 Å². The molecule has 0 radical (unpaired) electrons. The van der Waals surface area contributed by atoms with Crippen molar-refractivity contribution in [2.75, 3.05) is 12.9 Å². The van der Waals surface area contributed by atoms with Gasteiger partial charge in [0.1, 0.15) is 5.75 Å². The minimum absolute atomic E-state index is 0.0532. The lowest BCUT2D eigenvalue weighted by molar-refractivity contribution is -0.118. The monoisotopic (exact) mass is 307 g/mol. The largest absolute Gasteiger partial charge is 0.496 e. The Labute approximate surface area is 127 Å². The van der Waals surface area contributed by atoms with Crippen molar-refractivity contribution in [2.24, 2.45) is 0 Å². The minimum atomic E-state index is 0.0532. The first-order chi connectivity index (χ1) is 9.79. The lowest BCUT2D eigenvalue weighted by Crippen LogP contribution is -2.24. The summed E-state index contributed by atoms with van der Waals surface area (Å²) in [5, 5.41) is 4.97. The normalized spacial score (nSPS) is 10.2. The number of benzene rings is 1. The molecule has 1 heterocycles. The number of nitrogens with one attached hydrogen (secondary N) is 1. The van der Waals surface area contributed by atoms with Crippen molar-refractivity contribution < 1.29 is 9.53 Å². The predicted molar refractivity (Wildman–Crippen MR) is 85.3 cm³/mol. The molecule has 1 aromatic carbocycles. The summed E-state index contributed by atoms with van der Waals surface area (Å²) in [6.07, 6.45) is 0. The van der Waals surface area contributed by atoms with Crippen LogP contribution in [0.15, 0.2) is 41.8 Å². The standard InChI is InChI=1S/C15H17NO2S2/c1-18-14-7-3-2-5-12(14)9-16-15(17)11-19-10-13-6-4-8-20-13/h2-8H,9-11H2,1H3,(H,16,17). The average Bonchev–Trinajstić information content (AvgIpc) is 2.98. The van der Waals surface area contributed by atoms with Gasteiger partial charge in [-0.2, -0.15) is 0 Å². The van der Waals surface area contributed by atoms with E-state index >= 15 is 0 Å². The zero-order valence-corrected chi connectivity index (χ0v) is 12.9. The summed E-state index contributed by atoms with van der Waals surface area (Å²) in [6.45, 7) is 0.502. The number of ether oxygens (including phenoxy) is 1. The van der Waals surface area contributed by atoms with E-state index < -0.39 is 0 Å². The summed E-state index contributed by atoms with van der Waals surface area (Å²) in [6, 6.07) is 11.8. The molecule has 0 saturated carbocycles. The third-order valence-electron chi connectivity index (χ3n) is 2.73. The van der Waals surface area contributed by atoms with Crippen molar-refractivity contribution in [3.05, 3.63) is 52.2 Å². The third kappa shape index (κ3) is 4.58. The van der Waals surface area contributed by atoms with E-state index in [2.05, 4.69) is 16.8 Å². The van der Waals surface area contributed by atoms with E-state index in [1.807, 2.05) is 30.3 Å². The quantitative estimate of drug-likeness (QED) is 0.853. The van der Waals surface area contributed by atoms with Gasteiger partial charge in [-0.3, -0.25) is 4.79 Å². The van der Waals surface area contributed by atoms with Crippen molar-refractivity contribution in [2.45, 2.75) is 12.3 Å². The topological polar surface area (TPSA) is 38.3 Å². The summed E-state index contributed by atoms with van der Waals surface area (Å²) in [5.74, 6) is 2.23. The molecule has 5 heteroatoms. The maximum absolute atomic E-state index is 11.8. The number of methoxy groups -OCH3 is 1. The molecule has 3 nitrogen and oxygen atoms in total. The van der Waals surface area contributed by atoms with Crippen LogP contribution in [0.4, 0.5) is 0 Å². The second kappa shape index (κ2) is 7.97. The number of hydrogen-bond acceptors (Lipinski definition) is 4. The number of rotatable bonds is 7. The van der Waals surface area contributed by atoms with Crippen LogP contribution in [0.1, 0.15) is 10.4 Å². The first-order valence-corrected chi connectivity index (χ1v) is 8.31. The van der Waals surface area contributed by atoms with E-state index in [-0.39, 0.29) is 5.91 Å². The minimum Gasteiger partial charge on any atom is -0.496 e. The van der Waals surface area contributed by atoms with Crippen molar-refractivity contribution in [3.8, 4) is 5.75 Å². The highest BCUT2D eigenvalue weighted by Gasteiger charge is 2.05. The Morgan fingerprint density at radius 3 is 2.90 bits per heavy atom. The molecule has 0 saturated heterocycles. The van der Waals surface area contributed by atoms with Crippen molar-refractivity contribution >= 4 is 29.0 Å². The second-order valence-electron chi connectivity index (χ2n) is 4.16. The summed E-state index contributed by atoms with van der Waals surface area (Å²) in [7, 11) is 1.64. The molecule has 2 aromatic rings. The second-order valence-corrected chi connectivity index (χ2v) is 6.18. The number of thiophene rings is 1. The van der Waals surface area contributed by atoms with Gasteiger partial charge in [-0.25, -0.2) is 0 Å². The van der Waals surface area contributed by atoms with Gasteiger partial charge in [0.25, 0.3) is 0 Å². The molecule has 0 aliphatic heterocycles. The van der Waals surface area contributed by atoms with Crippen LogP contribution in [-0.2, 0) is 17.1 Å². The molecule has 0 unspecified atom stereocenters. The molecule has 0 atom stereocenters. The first kappa shape index (κ1) is 14.9. The lowest BCUT2D eigenvalue weighted by Gasteiger charge is -2.09. The molecule has 106 valence electrons. The molecule has 0 aliphatic rings. The van der Waals surface area contributed by atoms with Gasteiger partial charge in [0.05, 0.1) is 12.9 Å². The van der Waals surface area contributed by atoms with Gasteiger partial charge in [0.2, 0.25) is 5.91 Å². The SMILES string of the molecule is COc1ccccc1CNC(=O)CSCc1cccs1. The van der Waals surface area contributed by atoms with Crippen LogP contribution >= 0.6 is 23.1 Å². The summed E-state index contributed by atoms with van der Waals surface area (Å²) in [5.41, 5.74) is 0.992. The Hall–Kier alpha value is -1.46. The van der Waals surface area contributed by atoms with Crippen molar-refractivity contribution in [3.63, 3.8) is 0 Å². The number of thioether (sulfide) groups is 1. The number of carbonyl (C=O) groups excluding carboxylic acids is 1. The molecule has 1 aromatic heterocycles. The molecule has 1 amide bonds. The fraction of sp³-hybridized carbons (Fsp3) is 0.267. The maximum Gasteiger partial charge on any atom is 0.230 e. The Kier molecular flexibility index (Phi) is 5.95. The van der Waals surface area contributed by atoms with Gasteiger partial charge in [-0.15, -0.1) is 23.1 Å². The molecule has 0 fully saturated rings. The molecule has 2 rings (SSSR count). The molecule has 0 aliphatic carbocycles. The number of para-hydroxylation sites is 1. The zero-order chi connectivity index (χ0) is 14.2. The maximum atomic E-state index is 11.8. The van der Waals surface area contributed by atoms with E-state index in [0.29, 0.717) is 12.3 Å². The van der Waals surface area contributed by atoms with Crippen LogP contribution < -0.4 is 10.1 Å². The number of amides is 1. The van der Waals surface area contributed by atoms with Gasteiger partial charge < -0.3 is 10.1 Å². The highest BCUT2D eigenvalue weighted by atomic mass is 32.2. The highest BCUT2D eigenvalue weighted by Crippen LogP contribution is 2.18. The van der Waals surface area contributed by atoms with E-state index in [4.69, 9.17) is 4.74 Å². The number of hydrogen-bond donors (Lipinski definition) is 1. The first-order valence-electron chi connectivity index (χ1n) is 6.28. The van der Waals surface area contributed by atoms with Gasteiger partial charge in [-0.05, 0) is 17.5 Å². The smallest absolute Gasteiger partial charge is 0.230 e. The predicted octanol–water partition coefficient (Wildman–Crippen LogP) is 3.31. The Morgan fingerprint density at radius 2 is 2.15 bits per heavy atom. The van der Waals surface area contributed by atoms with Crippen LogP contribution in [0.5, 0.6) is 5.75 Å². The van der Waals surface area contributed by atoms with Gasteiger partial charge in [-0.1, -0.05) is 24.3 Å². The van der Waals surface area contributed by atoms with E-state index in [1.165, 1.54) is 4.88 Å². The highest BCUT2D eigenvalue weighted by molar-refractivity contribution is 7.99. The van der Waals surface area contributed by atoms with E-state index in [9.17, 15) is 4.79 Å². The average molecular weight is 307 g/mol.